The fourth-order valence-corrected chi connectivity index (χ4v) is 2.57. The average molecular weight is 347 g/mol. The van der Waals surface area contributed by atoms with Crippen molar-refractivity contribution >= 4 is 29.5 Å². The summed E-state index contributed by atoms with van der Waals surface area (Å²) in [5.74, 6) is -1.75. The van der Waals surface area contributed by atoms with Crippen molar-refractivity contribution < 1.29 is 23.9 Å². The van der Waals surface area contributed by atoms with Crippen molar-refractivity contribution in [2.75, 3.05) is 11.4 Å². The lowest BCUT2D eigenvalue weighted by molar-refractivity contribution is -0.130. The Morgan fingerprint density at radius 3 is 2.32 bits per heavy atom. The number of nitrogens with two attached hydrogens (primary N) is 1. The molecule has 1 saturated heterocycles. The molecule has 1 aliphatic rings. The highest BCUT2D eigenvalue weighted by atomic mass is 16.5. The summed E-state index contributed by atoms with van der Waals surface area (Å²) in [5.41, 5.74) is 5.87. The minimum Gasteiger partial charge on any atom is -0.448 e. The summed E-state index contributed by atoms with van der Waals surface area (Å²) in [6.45, 7) is 4.02. The zero-order chi connectivity index (χ0) is 18.6. The molecule has 0 radical (unpaired) electrons. The number of hydrogen-bond acceptors (Lipinski definition) is 5. The summed E-state index contributed by atoms with van der Waals surface area (Å²) in [4.78, 5) is 48.3. The van der Waals surface area contributed by atoms with Crippen LogP contribution in [0.15, 0.2) is 24.3 Å². The van der Waals surface area contributed by atoms with Gasteiger partial charge in [-0.05, 0) is 36.6 Å². The Kier molecular flexibility index (Phi) is 5.74. The van der Waals surface area contributed by atoms with Crippen LogP contribution in [-0.4, -0.2) is 36.5 Å². The number of benzene rings is 1. The number of esters is 1. The van der Waals surface area contributed by atoms with Crippen LogP contribution in [0.4, 0.5) is 10.5 Å². The van der Waals surface area contributed by atoms with Gasteiger partial charge in [0.2, 0.25) is 5.91 Å². The van der Waals surface area contributed by atoms with Crippen molar-refractivity contribution in [2.24, 2.45) is 11.7 Å². The van der Waals surface area contributed by atoms with E-state index in [1.807, 2.05) is 5.32 Å². The van der Waals surface area contributed by atoms with Crippen LogP contribution in [-0.2, 0) is 14.3 Å². The van der Waals surface area contributed by atoms with Gasteiger partial charge in [-0.2, -0.15) is 0 Å². The number of nitrogens with one attached hydrogen (secondary N) is 1. The fraction of sp³-hybridized carbons (Fsp3) is 0.412. The number of imide groups is 1. The zero-order valence-corrected chi connectivity index (χ0v) is 14.2. The van der Waals surface area contributed by atoms with Gasteiger partial charge in [-0.15, -0.1) is 0 Å². The van der Waals surface area contributed by atoms with Gasteiger partial charge >= 0.3 is 12.0 Å². The van der Waals surface area contributed by atoms with Crippen molar-refractivity contribution in [3.05, 3.63) is 29.8 Å². The molecule has 0 aromatic heterocycles. The largest absolute Gasteiger partial charge is 0.448 e. The van der Waals surface area contributed by atoms with Gasteiger partial charge in [-0.1, -0.05) is 13.8 Å². The van der Waals surface area contributed by atoms with Crippen LogP contribution in [0.25, 0.3) is 0 Å². The maximum absolute atomic E-state index is 12.2. The third-order valence-corrected chi connectivity index (χ3v) is 3.83. The second-order valence-corrected chi connectivity index (χ2v) is 6.12. The number of ether oxygens (including phenoxy) is 1. The van der Waals surface area contributed by atoms with Crippen LogP contribution >= 0.6 is 0 Å². The molecular formula is C17H21N3O5. The summed E-state index contributed by atoms with van der Waals surface area (Å²) in [6, 6.07) is 5.38. The first-order valence-electron chi connectivity index (χ1n) is 8.01. The van der Waals surface area contributed by atoms with Gasteiger partial charge in [0.05, 0.1) is 5.56 Å². The van der Waals surface area contributed by atoms with Crippen LogP contribution in [0, 0.1) is 5.92 Å². The van der Waals surface area contributed by atoms with E-state index in [-0.39, 0.29) is 17.4 Å². The fourth-order valence-electron chi connectivity index (χ4n) is 2.57. The topological polar surface area (TPSA) is 119 Å². The van der Waals surface area contributed by atoms with Gasteiger partial charge in [0.15, 0.2) is 6.10 Å². The highest BCUT2D eigenvalue weighted by molar-refractivity contribution is 5.99. The van der Waals surface area contributed by atoms with Crippen molar-refractivity contribution in [1.29, 1.82) is 0 Å². The van der Waals surface area contributed by atoms with Crippen LogP contribution in [0.1, 0.15) is 37.0 Å². The maximum atomic E-state index is 12.2. The Morgan fingerprint density at radius 2 is 1.84 bits per heavy atom. The molecule has 1 fully saturated rings. The van der Waals surface area contributed by atoms with Crippen LogP contribution in [0.2, 0.25) is 0 Å². The highest BCUT2D eigenvalue weighted by Crippen LogP contribution is 2.22. The van der Waals surface area contributed by atoms with E-state index in [0.29, 0.717) is 18.7 Å². The van der Waals surface area contributed by atoms with Gasteiger partial charge in [-0.3, -0.25) is 14.9 Å². The van der Waals surface area contributed by atoms with E-state index >= 15 is 0 Å². The van der Waals surface area contributed by atoms with Gasteiger partial charge < -0.3 is 15.4 Å². The molecule has 2 rings (SSSR count). The van der Waals surface area contributed by atoms with Gasteiger partial charge in [0.1, 0.15) is 0 Å². The Bertz CT molecular complexity index is 684. The minimum absolute atomic E-state index is 0.0540. The molecule has 0 spiro atoms. The third kappa shape index (κ3) is 4.56. The Hall–Kier alpha value is -2.90. The highest BCUT2D eigenvalue weighted by Gasteiger charge is 2.28. The molecule has 4 amide bonds. The molecule has 1 aromatic rings. The number of hydrogen-bond donors (Lipinski definition) is 2. The quantitative estimate of drug-likeness (QED) is 0.776. The van der Waals surface area contributed by atoms with Crippen molar-refractivity contribution in [2.45, 2.75) is 32.8 Å². The number of carbonyl (C=O) groups excluding carboxylic acids is 4. The SMILES string of the molecule is CC(C)[C@@H](OC(=O)c1ccc(N2CCCC2=O)cc1)C(=O)NC(N)=O. The van der Waals surface area contributed by atoms with E-state index in [1.54, 1.807) is 30.9 Å². The monoisotopic (exact) mass is 347 g/mol. The molecule has 8 nitrogen and oxygen atoms in total. The van der Waals surface area contributed by atoms with E-state index in [9.17, 15) is 19.2 Å². The van der Waals surface area contributed by atoms with E-state index in [4.69, 9.17) is 10.5 Å². The molecule has 0 saturated carbocycles. The van der Waals surface area contributed by atoms with Gasteiger partial charge in [0.25, 0.3) is 5.91 Å². The van der Waals surface area contributed by atoms with Gasteiger partial charge in [0, 0.05) is 18.7 Å². The number of primary amides is 1. The Balaban J connectivity index is 2.07. The number of anilines is 1. The second-order valence-electron chi connectivity index (χ2n) is 6.12. The minimum atomic E-state index is -1.14. The molecular weight excluding hydrogens is 326 g/mol. The van der Waals surface area contributed by atoms with E-state index in [0.717, 1.165) is 6.42 Å². The number of carbonyl (C=O) groups is 4. The Morgan fingerprint density at radius 1 is 1.20 bits per heavy atom. The van der Waals surface area contributed by atoms with Crippen LogP contribution in [0.5, 0.6) is 0 Å². The summed E-state index contributed by atoms with van der Waals surface area (Å²) in [6.07, 6.45) is 0.197. The van der Waals surface area contributed by atoms with Crippen LogP contribution < -0.4 is 16.0 Å². The van der Waals surface area contributed by atoms with E-state index in [1.165, 1.54) is 12.1 Å². The summed E-state index contributed by atoms with van der Waals surface area (Å²) < 4.78 is 5.21. The molecule has 0 aliphatic carbocycles. The Labute approximate surface area is 145 Å². The van der Waals surface area contributed by atoms with Crippen molar-refractivity contribution in [1.82, 2.24) is 5.32 Å². The molecule has 0 unspecified atom stereocenters. The maximum Gasteiger partial charge on any atom is 0.338 e. The van der Waals surface area contributed by atoms with Crippen molar-refractivity contribution in [3.8, 4) is 0 Å². The predicted octanol–water partition coefficient (Wildman–Crippen LogP) is 1.19. The average Bonchev–Trinajstić information content (AvgIpc) is 2.97. The summed E-state index contributed by atoms with van der Waals surface area (Å²) in [5, 5.41) is 1.91. The van der Waals surface area contributed by atoms with E-state index < -0.39 is 24.0 Å². The molecule has 1 atom stereocenters. The first kappa shape index (κ1) is 18.4. The lowest BCUT2D eigenvalue weighted by Crippen LogP contribution is -2.45. The normalized spacial score (nSPS) is 15.2. The van der Waals surface area contributed by atoms with E-state index in [2.05, 4.69) is 0 Å². The second kappa shape index (κ2) is 7.78. The smallest absolute Gasteiger partial charge is 0.338 e. The standard InChI is InChI=1S/C17H21N3O5/c1-10(2)14(15(22)19-17(18)24)25-16(23)11-5-7-12(8-6-11)20-9-3-4-13(20)21/h5-8,10,14H,3-4,9H2,1-2H3,(H3,18,19,22,24)/t14-/m1/s1. The first-order chi connectivity index (χ1) is 11.8. The lowest BCUT2D eigenvalue weighted by atomic mass is 10.1. The molecule has 1 aromatic carbocycles. The molecule has 134 valence electrons. The first-order valence-corrected chi connectivity index (χ1v) is 8.01. The third-order valence-electron chi connectivity index (χ3n) is 3.83. The number of nitrogens with zero attached hydrogens (tertiary/aromatic N) is 1. The number of amides is 4. The number of rotatable bonds is 5. The summed E-state index contributed by atoms with van der Waals surface area (Å²) in [7, 11) is 0. The van der Waals surface area contributed by atoms with Crippen LogP contribution in [0.3, 0.4) is 0 Å². The number of urea groups is 1. The molecule has 1 heterocycles. The molecule has 1 aliphatic heterocycles. The summed E-state index contributed by atoms with van der Waals surface area (Å²) >= 11 is 0. The van der Waals surface area contributed by atoms with Crippen molar-refractivity contribution in [3.63, 3.8) is 0 Å². The van der Waals surface area contributed by atoms with Gasteiger partial charge in [-0.25, -0.2) is 9.59 Å². The predicted molar refractivity (Wildman–Crippen MR) is 89.8 cm³/mol. The lowest BCUT2D eigenvalue weighted by Gasteiger charge is -2.20. The zero-order valence-electron chi connectivity index (χ0n) is 14.2. The molecule has 25 heavy (non-hydrogen) atoms. The molecule has 0 bridgehead atoms. The molecule has 3 N–H and O–H groups in total. The molecule has 8 heteroatoms.